The first-order chi connectivity index (χ1) is 9.39. The van der Waals surface area contributed by atoms with E-state index in [1.54, 1.807) is 0 Å². The van der Waals surface area contributed by atoms with Gasteiger partial charge >= 0.3 is 0 Å². The van der Waals surface area contributed by atoms with E-state index >= 15 is 0 Å². The van der Waals surface area contributed by atoms with Crippen molar-refractivity contribution < 1.29 is 0 Å². The first kappa shape index (κ1) is 31.6. The molecule has 0 aromatic rings. The molecule has 0 saturated heterocycles. The Balaban J connectivity index is -0.0000000469. The topological polar surface area (TPSA) is 0 Å². The highest BCUT2D eigenvalue weighted by Crippen LogP contribution is 1.81. The Hall–Kier alpha value is -0.780. The maximum atomic E-state index is 3.48. The van der Waals surface area contributed by atoms with Crippen molar-refractivity contribution in [1.29, 1.82) is 0 Å². The van der Waals surface area contributed by atoms with Gasteiger partial charge in [0.15, 0.2) is 0 Å². The molecule has 0 saturated carbocycles. The molecule has 20 heavy (non-hydrogen) atoms. The summed E-state index contributed by atoms with van der Waals surface area (Å²) >= 11 is 0. The molecule has 0 aliphatic rings. The molecule has 0 heterocycles. The molecule has 0 heteroatoms. The van der Waals surface area contributed by atoms with E-state index in [0.29, 0.717) is 0 Å². The number of allylic oxidation sites excluding steroid dienone is 3. The highest BCUT2D eigenvalue weighted by molar-refractivity contribution is 4.60. The summed E-state index contributed by atoms with van der Waals surface area (Å²) in [6.45, 7) is 27.5. The lowest BCUT2D eigenvalue weighted by atomic mass is 10.3. The van der Waals surface area contributed by atoms with Crippen molar-refractivity contribution in [1.82, 2.24) is 0 Å². The molecule has 0 aliphatic carbocycles. The molecule has 0 rings (SSSR count). The summed E-state index contributed by atoms with van der Waals surface area (Å²) in [5, 5.41) is 0. The Kier molecular flexibility index (Phi) is 81.6. The Bertz CT molecular complexity index is 107. The van der Waals surface area contributed by atoms with E-state index in [2.05, 4.69) is 75.1 Å². The number of unbranched alkanes of at least 4 members (excludes halogenated alkanes) is 1. The lowest BCUT2D eigenvalue weighted by molar-refractivity contribution is 0.737. The van der Waals surface area contributed by atoms with Crippen molar-refractivity contribution in [3.63, 3.8) is 0 Å². The van der Waals surface area contributed by atoms with Crippen LogP contribution in [0.3, 0.4) is 0 Å². The molecule has 0 fully saturated rings. The Morgan fingerprint density at radius 2 is 0.700 bits per heavy atom. The third-order valence-corrected chi connectivity index (χ3v) is 1.37. The average Bonchev–Trinajstić information content (AvgIpc) is 2.47. The molecule has 0 nitrogen and oxygen atoms in total. The molecule has 0 N–H and O–H groups in total. The first-order valence-corrected chi connectivity index (χ1v) is 8.22. The molecule has 0 aliphatic heterocycles. The van der Waals surface area contributed by atoms with E-state index in [-0.39, 0.29) is 0 Å². The van der Waals surface area contributed by atoms with E-state index in [0.717, 1.165) is 25.2 Å². The second-order valence-electron chi connectivity index (χ2n) is 4.82. The van der Waals surface area contributed by atoms with Gasteiger partial charge in [0.05, 0.1) is 0 Å². The fourth-order valence-corrected chi connectivity index (χ4v) is 0. The van der Waals surface area contributed by atoms with Gasteiger partial charge in [-0.1, -0.05) is 86.5 Å². The van der Waals surface area contributed by atoms with Gasteiger partial charge in [0.25, 0.3) is 0 Å². The fourth-order valence-electron chi connectivity index (χ4n) is 0. The second kappa shape index (κ2) is 51.7. The molecular weight excluding hydrogens is 240 g/mol. The molecule has 0 atom stereocenters. The number of hydrogen-bond acceptors (Lipinski definition) is 0. The molecular formula is C20H44. The Morgan fingerprint density at radius 1 is 0.600 bits per heavy atom. The van der Waals surface area contributed by atoms with Gasteiger partial charge in [0.1, 0.15) is 0 Å². The van der Waals surface area contributed by atoms with Gasteiger partial charge < -0.3 is 0 Å². The van der Waals surface area contributed by atoms with Crippen LogP contribution < -0.4 is 0 Å². The zero-order valence-corrected chi connectivity index (χ0v) is 16.0. The van der Waals surface area contributed by atoms with Gasteiger partial charge in [0, 0.05) is 0 Å². The highest BCUT2D eigenvalue weighted by atomic mass is 13.7. The summed E-state index contributed by atoms with van der Waals surface area (Å²) < 4.78 is 0. The van der Waals surface area contributed by atoms with Crippen molar-refractivity contribution in [2.75, 3.05) is 0 Å². The van der Waals surface area contributed by atoms with Crippen molar-refractivity contribution in [2.45, 2.75) is 87.5 Å². The third-order valence-electron chi connectivity index (χ3n) is 1.37. The smallest absolute Gasteiger partial charge is 0.0382 e. The van der Waals surface area contributed by atoms with Crippen molar-refractivity contribution >= 4 is 0 Å². The van der Waals surface area contributed by atoms with Crippen LogP contribution in [0.1, 0.15) is 87.5 Å². The largest absolute Gasteiger partial charge is 0.103 e. The lowest BCUT2D eigenvalue weighted by Gasteiger charge is -1.79. The summed E-state index contributed by atoms with van der Waals surface area (Å²) in [4.78, 5) is 0. The SMILES string of the molecule is C=CCC.C=CCC.C=CCC.CC(C)C.CCCC. The monoisotopic (exact) mass is 284 g/mol. The van der Waals surface area contributed by atoms with E-state index in [1.165, 1.54) is 12.8 Å². The molecule has 0 radical (unpaired) electrons. The number of hydrogen-bond donors (Lipinski definition) is 0. The molecule has 0 unspecified atom stereocenters. The Morgan fingerprint density at radius 3 is 0.700 bits per heavy atom. The van der Waals surface area contributed by atoms with Gasteiger partial charge in [-0.25, -0.2) is 0 Å². The average molecular weight is 285 g/mol. The summed E-state index contributed by atoms with van der Waals surface area (Å²) in [6.07, 6.45) is 11.5. The summed E-state index contributed by atoms with van der Waals surface area (Å²) in [7, 11) is 0. The standard InChI is InChI=1S/2C4H10.3C4H8/c1-4(2)3;4*1-3-4-2/h4H,1-3H3;3-4H2,1-2H3;3*3H,1,4H2,2H3. The number of rotatable bonds is 4. The van der Waals surface area contributed by atoms with Crippen molar-refractivity contribution in [3.05, 3.63) is 38.0 Å². The van der Waals surface area contributed by atoms with Gasteiger partial charge in [-0.3, -0.25) is 0 Å². The van der Waals surface area contributed by atoms with Gasteiger partial charge in [-0.05, 0) is 25.2 Å². The molecule has 0 spiro atoms. The second-order valence-corrected chi connectivity index (χ2v) is 4.82. The molecule has 0 amide bonds. The van der Waals surface area contributed by atoms with Crippen LogP contribution in [0.4, 0.5) is 0 Å². The van der Waals surface area contributed by atoms with Gasteiger partial charge in [0.2, 0.25) is 0 Å². The summed E-state index contributed by atoms with van der Waals surface area (Å²) in [6, 6.07) is 0. The van der Waals surface area contributed by atoms with Gasteiger partial charge in [-0.2, -0.15) is 0 Å². The maximum Gasteiger partial charge on any atom is -0.0382 e. The fraction of sp³-hybridized carbons (Fsp3) is 0.700. The van der Waals surface area contributed by atoms with Crippen LogP contribution in [-0.2, 0) is 0 Å². The highest BCUT2D eigenvalue weighted by Gasteiger charge is 1.68. The first-order valence-electron chi connectivity index (χ1n) is 8.22. The van der Waals surface area contributed by atoms with Crippen LogP contribution in [0, 0.1) is 5.92 Å². The molecule has 0 bridgehead atoms. The quantitative estimate of drug-likeness (QED) is 0.456. The van der Waals surface area contributed by atoms with E-state index in [1.807, 2.05) is 18.2 Å². The van der Waals surface area contributed by atoms with Crippen LogP contribution >= 0.6 is 0 Å². The predicted molar refractivity (Wildman–Crippen MR) is 103 cm³/mol. The Labute approximate surface area is 132 Å². The minimum Gasteiger partial charge on any atom is -0.103 e. The predicted octanol–water partition coefficient (Wildman–Crippen LogP) is 8.22. The van der Waals surface area contributed by atoms with Crippen molar-refractivity contribution in [2.24, 2.45) is 5.92 Å². The maximum absolute atomic E-state index is 3.48. The molecule has 124 valence electrons. The van der Waals surface area contributed by atoms with Crippen LogP contribution in [0.2, 0.25) is 0 Å². The van der Waals surface area contributed by atoms with Crippen LogP contribution in [0.15, 0.2) is 38.0 Å². The molecule has 0 aromatic carbocycles. The van der Waals surface area contributed by atoms with Crippen molar-refractivity contribution in [3.8, 4) is 0 Å². The normalized spacial score (nSPS) is 7.05. The lowest BCUT2D eigenvalue weighted by Crippen LogP contribution is -1.66. The van der Waals surface area contributed by atoms with E-state index in [4.69, 9.17) is 0 Å². The van der Waals surface area contributed by atoms with Crippen LogP contribution in [0.25, 0.3) is 0 Å². The van der Waals surface area contributed by atoms with Crippen LogP contribution in [-0.4, -0.2) is 0 Å². The minimum atomic E-state index is 0.833. The van der Waals surface area contributed by atoms with Crippen LogP contribution in [0.5, 0.6) is 0 Å². The summed E-state index contributed by atoms with van der Waals surface area (Å²) in [5.74, 6) is 0.833. The van der Waals surface area contributed by atoms with Gasteiger partial charge in [-0.15, -0.1) is 19.7 Å². The zero-order valence-electron chi connectivity index (χ0n) is 16.0. The third kappa shape index (κ3) is 437. The van der Waals surface area contributed by atoms with E-state index in [9.17, 15) is 0 Å². The minimum absolute atomic E-state index is 0.833. The zero-order chi connectivity index (χ0) is 17.2. The molecule has 0 aromatic heterocycles. The summed E-state index contributed by atoms with van der Waals surface area (Å²) in [5.41, 5.74) is 0. The van der Waals surface area contributed by atoms with E-state index < -0.39 is 0 Å².